The number of nitrogens with one attached hydrogen (secondary N) is 2. The van der Waals surface area contributed by atoms with Crippen molar-refractivity contribution in [2.75, 3.05) is 7.11 Å². The van der Waals surface area contributed by atoms with Gasteiger partial charge in [-0.1, -0.05) is 6.07 Å². The Bertz CT molecular complexity index is 677. The summed E-state index contributed by atoms with van der Waals surface area (Å²) in [5, 5.41) is 17.6. The van der Waals surface area contributed by atoms with Crippen LogP contribution >= 0.6 is 0 Å². The van der Waals surface area contributed by atoms with Crippen LogP contribution in [0.3, 0.4) is 0 Å². The van der Waals surface area contributed by atoms with E-state index in [0.29, 0.717) is 23.0 Å². The molecule has 0 radical (unpaired) electrons. The fourth-order valence-corrected chi connectivity index (χ4v) is 4.38. The second kappa shape index (κ2) is 8.58. The van der Waals surface area contributed by atoms with Crippen LogP contribution in [0.4, 0.5) is 0 Å². The Balaban J connectivity index is 1.82. The SMILES string of the molecule is COc1ccc(C(CC(=O)NO)CC(=O)NO)cc1O[C@H]1CC2CCC1C2. The lowest BCUT2D eigenvalue weighted by molar-refractivity contribution is -0.131. The third-order valence-corrected chi connectivity index (χ3v) is 5.72. The van der Waals surface area contributed by atoms with Gasteiger partial charge in [-0.15, -0.1) is 0 Å². The van der Waals surface area contributed by atoms with Gasteiger partial charge in [0.2, 0.25) is 11.8 Å². The monoisotopic (exact) mass is 378 g/mol. The molecule has 2 unspecified atom stereocenters. The first-order valence-corrected chi connectivity index (χ1v) is 9.24. The lowest BCUT2D eigenvalue weighted by Gasteiger charge is -2.25. The summed E-state index contributed by atoms with van der Waals surface area (Å²) in [6, 6.07) is 5.29. The van der Waals surface area contributed by atoms with Gasteiger partial charge in [0.25, 0.3) is 0 Å². The van der Waals surface area contributed by atoms with Crippen LogP contribution in [0.2, 0.25) is 0 Å². The minimum Gasteiger partial charge on any atom is -0.493 e. The Labute approximate surface area is 157 Å². The highest BCUT2D eigenvalue weighted by atomic mass is 16.5. The molecule has 0 aliphatic heterocycles. The normalized spacial score (nSPS) is 23.3. The van der Waals surface area contributed by atoms with Crippen molar-refractivity contribution in [2.24, 2.45) is 11.8 Å². The topological polar surface area (TPSA) is 117 Å². The first kappa shape index (κ1) is 19.4. The Kier molecular flexibility index (Phi) is 6.18. The van der Waals surface area contributed by atoms with E-state index < -0.39 is 17.7 Å². The number of ether oxygens (including phenoxy) is 2. The minimum absolute atomic E-state index is 0.107. The molecule has 2 aliphatic carbocycles. The summed E-state index contributed by atoms with van der Waals surface area (Å²) in [6.07, 6.45) is 4.66. The molecule has 0 saturated heterocycles. The molecule has 2 saturated carbocycles. The number of hydrogen-bond donors (Lipinski definition) is 4. The maximum atomic E-state index is 11.6. The van der Waals surface area contributed by atoms with E-state index in [0.717, 1.165) is 12.3 Å². The molecule has 148 valence electrons. The second-order valence-electron chi connectivity index (χ2n) is 7.42. The third-order valence-electron chi connectivity index (χ3n) is 5.72. The molecule has 4 N–H and O–H groups in total. The average molecular weight is 378 g/mol. The van der Waals surface area contributed by atoms with Crippen LogP contribution in [0.5, 0.6) is 11.5 Å². The van der Waals surface area contributed by atoms with Crippen LogP contribution in [-0.2, 0) is 9.59 Å². The first-order valence-electron chi connectivity index (χ1n) is 9.24. The fraction of sp³-hybridized carbons (Fsp3) is 0.579. The highest BCUT2D eigenvalue weighted by molar-refractivity contribution is 5.79. The van der Waals surface area contributed by atoms with Crippen molar-refractivity contribution in [3.05, 3.63) is 23.8 Å². The van der Waals surface area contributed by atoms with Crippen molar-refractivity contribution in [1.82, 2.24) is 11.0 Å². The molecule has 0 aromatic heterocycles. The quantitative estimate of drug-likeness (QED) is 0.407. The Morgan fingerprint density at radius 2 is 1.81 bits per heavy atom. The molecule has 2 fully saturated rings. The number of methoxy groups -OCH3 is 1. The molecule has 3 atom stereocenters. The molecule has 8 nitrogen and oxygen atoms in total. The molecular formula is C19H26N2O6. The van der Waals surface area contributed by atoms with Crippen LogP contribution in [0.25, 0.3) is 0 Å². The van der Waals surface area contributed by atoms with Gasteiger partial charge in [0.15, 0.2) is 11.5 Å². The van der Waals surface area contributed by atoms with E-state index in [2.05, 4.69) is 0 Å². The number of amides is 2. The van der Waals surface area contributed by atoms with Crippen molar-refractivity contribution < 1.29 is 29.5 Å². The van der Waals surface area contributed by atoms with Crippen LogP contribution in [-0.4, -0.2) is 35.4 Å². The minimum atomic E-state index is -0.614. The number of benzene rings is 1. The Morgan fingerprint density at radius 1 is 1.11 bits per heavy atom. The molecule has 2 aliphatic rings. The molecular weight excluding hydrogens is 352 g/mol. The van der Waals surface area contributed by atoms with Crippen molar-refractivity contribution in [2.45, 2.75) is 50.5 Å². The van der Waals surface area contributed by atoms with E-state index in [9.17, 15) is 9.59 Å². The van der Waals surface area contributed by atoms with Crippen LogP contribution in [0.15, 0.2) is 18.2 Å². The number of fused-ring (bicyclic) bond motifs is 2. The molecule has 1 aromatic carbocycles. The van der Waals surface area contributed by atoms with Crippen molar-refractivity contribution in [3.63, 3.8) is 0 Å². The zero-order valence-electron chi connectivity index (χ0n) is 15.3. The molecule has 27 heavy (non-hydrogen) atoms. The van der Waals surface area contributed by atoms with E-state index in [1.807, 2.05) is 0 Å². The zero-order chi connectivity index (χ0) is 19.4. The maximum absolute atomic E-state index is 11.6. The van der Waals surface area contributed by atoms with E-state index >= 15 is 0 Å². The molecule has 8 heteroatoms. The van der Waals surface area contributed by atoms with E-state index in [1.54, 1.807) is 36.3 Å². The van der Waals surface area contributed by atoms with Crippen LogP contribution in [0.1, 0.15) is 50.0 Å². The standard InChI is InChI=1S/C19H26N2O6/c1-26-15-5-4-12(14(9-18(22)20-24)10-19(23)21-25)8-17(15)27-16-7-11-2-3-13(16)6-11/h4-5,8,11,13-14,16,24-25H,2-3,6-7,9-10H2,1H3,(H,20,22)(H,21,23)/t11?,13?,16-/m0/s1. The molecule has 1 aromatic rings. The predicted molar refractivity (Wildman–Crippen MR) is 94.7 cm³/mol. The van der Waals surface area contributed by atoms with Crippen molar-refractivity contribution in [3.8, 4) is 11.5 Å². The Hall–Kier alpha value is -2.32. The van der Waals surface area contributed by atoms with Gasteiger partial charge in [0, 0.05) is 18.8 Å². The summed E-state index contributed by atoms with van der Waals surface area (Å²) < 4.78 is 11.7. The van der Waals surface area contributed by atoms with E-state index in [1.165, 1.54) is 19.3 Å². The smallest absolute Gasteiger partial charge is 0.243 e. The summed E-state index contributed by atoms with van der Waals surface area (Å²) in [5.41, 5.74) is 3.86. The lowest BCUT2D eigenvalue weighted by atomic mass is 9.91. The molecule has 0 heterocycles. The third kappa shape index (κ3) is 4.51. The Morgan fingerprint density at radius 3 is 2.33 bits per heavy atom. The van der Waals surface area contributed by atoms with Gasteiger partial charge < -0.3 is 9.47 Å². The molecule has 2 bridgehead atoms. The van der Waals surface area contributed by atoms with Gasteiger partial charge in [-0.05, 0) is 55.2 Å². The molecule has 0 spiro atoms. The lowest BCUT2D eigenvalue weighted by Crippen LogP contribution is -2.26. The van der Waals surface area contributed by atoms with Gasteiger partial charge in [-0.3, -0.25) is 20.0 Å². The number of carbonyl (C=O) groups is 2. The summed E-state index contributed by atoms with van der Waals surface area (Å²) in [5.74, 6) is 0.736. The second-order valence-corrected chi connectivity index (χ2v) is 7.42. The van der Waals surface area contributed by atoms with Gasteiger partial charge >= 0.3 is 0 Å². The zero-order valence-corrected chi connectivity index (χ0v) is 15.3. The van der Waals surface area contributed by atoms with Gasteiger partial charge in [0.1, 0.15) is 6.10 Å². The summed E-state index contributed by atoms with van der Waals surface area (Å²) in [4.78, 5) is 23.3. The average Bonchev–Trinajstić information content (AvgIpc) is 3.30. The van der Waals surface area contributed by atoms with Crippen molar-refractivity contribution >= 4 is 11.8 Å². The number of carbonyl (C=O) groups excluding carboxylic acids is 2. The van der Waals surface area contributed by atoms with Gasteiger partial charge in [-0.25, -0.2) is 11.0 Å². The van der Waals surface area contributed by atoms with Crippen LogP contribution in [0, 0.1) is 11.8 Å². The van der Waals surface area contributed by atoms with E-state index in [4.69, 9.17) is 19.9 Å². The molecule has 3 rings (SSSR count). The number of hydrogen-bond acceptors (Lipinski definition) is 6. The fourth-order valence-electron chi connectivity index (χ4n) is 4.38. The molecule has 2 amide bonds. The summed E-state index contributed by atoms with van der Waals surface area (Å²) in [6.45, 7) is 0. The van der Waals surface area contributed by atoms with Crippen molar-refractivity contribution in [1.29, 1.82) is 0 Å². The number of rotatable bonds is 8. The van der Waals surface area contributed by atoms with E-state index in [-0.39, 0.29) is 18.9 Å². The van der Waals surface area contributed by atoms with Crippen LogP contribution < -0.4 is 20.4 Å². The highest BCUT2D eigenvalue weighted by Crippen LogP contribution is 2.47. The highest BCUT2D eigenvalue weighted by Gasteiger charge is 2.41. The first-order chi connectivity index (χ1) is 13.0. The summed E-state index contributed by atoms with van der Waals surface area (Å²) >= 11 is 0. The van der Waals surface area contributed by atoms with Gasteiger partial charge in [-0.2, -0.15) is 0 Å². The largest absolute Gasteiger partial charge is 0.493 e. The number of hydroxylamine groups is 2. The maximum Gasteiger partial charge on any atom is 0.243 e. The van der Waals surface area contributed by atoms with Gasteiger partial charge in [0.05, 0.1) is 7.11 Å². The summed E-state index contributed by atoms with van der Waals surface area (Å²) in [7, 11) is 1.57. The predicted octanol–water partition coefficient (Wildman–Crippen LogP) is 2.14.